The van der Waals surface area contributed by atoms with Gasteiger partial charge in [0.1, 0.15) is 5.69 Å². The molecule has 2 aromatic heterocycles. The standard InChI is InChI=1S/C12H17N5/c1-9(8-13)17(2)12-6-5-11(15-16-12)10-4-3-7-14-10/h3-7,9,14H,8,13H2,1-2H3. The first-order valence-corrected chi connectivity index (χ1v) is 5.62. The van der Waals surface area contributed by atoms with Crippen LogP contribution in [0.4, 0.5) is 5.82 Å². The molecule has 0 aliphatic rings. The molecule has 2 heterocycles. The lowest BCUT2D eigenvalue weighted by molar-refractivity contribution is 0.682. The number of nitrogens with zero attached hydrogens (tertiary/aromatic N) is 3. The number of nitrogens with one attached hydrogen (secondary N) is 1. The van der Waals surface area contributed by atoms with Crippen LogP contribution in [0.5, 0.6) is 0 Å². The van der Waals surface area contributed by atoms with Crippen molar-refractivity contribution in [3.05, 3.63) is 30.5 Å². The number of anilines is 1. The maximum absolute atomic E-state index is 5.62. The lowest BCUT2D eigenvalue weighted by atomic mass is 10.2. The average Bonchev–Trinajstić information content (AvgIpc) is 2.91. The number of hydrogen-bond acceptors (Lipinski definition) is 4. The van der Waals surface area contributed by atoms with Crippen molar-refractivity contribution in [3.8, 4) is 11.4 Å². The minimum Gasteiger partial charge on any atom is -0.360 e. The first-order valence-electron chi connectivity index (χ1n) is 5.62. The zero-order chi connectivity index (χ0) is 12.3. The molecule has 0 fully saturated rings. The highest BCUT2D eigenvalue weighted by Crippen LogP contribution is 2.16. The highest BCUT2D eigenvalue weighted by molar-refractivity contribution is 5.55. The highest BCUT2D eigenvalue weighted by Gasteiger charge is 2.10. The van der Waals surface area contributed by atoms with E-state index in [2.05, 4.69) is 22.1 Å². The molecule has 0 bridgehead atoms. The molecule has 0 aliphatic carbocycles. The fourth-order valence-corrected chi connectivity index (χ4v) is 1.53. The van der Waals surface area contributed by atoms with E-state index in [1.165, 1.54) is 0 Å². The third-order valence-electron chi connectivity index (χ3n) is 2.89. The average molecular weight is 231 g/mol. The summed E-state index contributed by atoms with van der Waals surface area (Å²) in [5.41, 5.74) is 7.43. The molecule has 2 rings (SSSR count). The van der Waals surface area contributed by atoms with Crippen LogP contribution in [0.2, 0.25) is 0 Å². The van der Waals surface area contributed by atoms with E-state index in [1.807, 2.05) is 42.4 Å². The predicted octanol–water partition coefficient (Wildman–Crippen LogP) is 1.26. The molecule has 3 N–H and O–H groups in total. The van der Waals surface area contributed by atoms with E-state index >= 15 is 0 Å². The lowest BCUT2D eigenvalue weighted by Crippen LogP contribution is -2.35. The van der Waals surface area contributed by atoms with E-state index in [4.69, 9.17) is 5.73 Å². The minimum absolute atomic E-state index is 0.251. The topological polar surface area (TPSA) is 70.8 Å². The van der Waals surface area contributed by atoms with Crippen LogP contribution in [0.1, 0.15) is 6.92 Å². The van der Waals surface area contributed by atoms with Gasteiger partial charge in [-0.1, -0.05) is 0 Å². The van der Waals surface area contributed by atoms with E-state index in [1.54, 1.807) is 0 Å². The van der Waals surface area contributed by atoms with E-state index in [9.17, 15) is 0 Å². The summed E-state index contributed by atoms with van der Waals surface area (Å²) in [5, 5.41) is 8.40. The Balaban J connectivity index is 2.18. The minimum atomic E-state index is 0.251. The van der Waals surface area contributed by atoms with Crippen molar-refractivity contribution in [2.45, 2.75) is 13.0 Å². The van der Waals surface area contributed by atoms with Crippen molar-refractivity contribution in [2.24, 2.45) is 5.73 Å². The Labute approximate surface area is 101 Å². The Morgan fingerprint density at radius 3 is 2.71 bits per heavy atom. The van der Waals surface area contributed by atoms with Crippen LogP contribution in [0.3, 0.4) is 0 Å². The Hall–Kier alpha value is -1.88. The SMILES string of the molecule is CC(CN)N(C)c1ccc(-c2ccc[nH]2)nn1. The Morgan fingerprint density at radius 2 is 2.18 bits per heavy atom. The van der Waals surface area contributed by atoms with Gasteiger partial charge in [0.05, 0.1) is 5.69 Å². The van der Waals surface area contributed by atoms with Gasteiger partial charge in [-0.05, 0) is 31.2 Å². The summed E-state index contributed by atoms with van der Waals surface area (Å²) < 4.78 is 0. The van der Waals surface area contributed by atoms with Crippen LogP contribution in [0, 0.1) is 0 Å². The molecule has 0 spiro atoms. The number of rotatable bonds is 4. The summed E-state index contributed by atoms with van der Waals surface area (Å²) in [5.74, 6) is 0.832. The van der Waals surface area contributed by atoms with Gasteiger partial charge >= 0.3 is 0 Å². The van der Waals surface area contributed by atoms with Crippen molar-refractivity contribution < 1.29 is 0 Å². The van der Waals surface area contributed by atoms with Crippen LogP contribution < -0.4 is 10.6 Å². The molecule has 1 atom stereocenters. The van der Waals surface area contributed by atoms with Gasteiger partial charge in [0.2, 0.25) is 0 Å². The van der Waals surface area contributed by atoms with Crippen molar-refractivity contribution in [2.75, 3.05) is 18.5 Å². The van der Waals surface area contributed by atoms with Gasteiger partial charge in [0, 0.05) is 25.8 Å². The quantitative estimate of drug-likeness (QED) is 0.831. The van der Waals surface area contributed by atoms with Crippen molar-refractivity contribution in [1.29, 1.82) is 0 Å². The third-order valence-corrected chi connectivity index (χ3v) is 2.89. The number of likely N-dealkylation sites (N-methyl/N-ethyl adjacent to an activating group) is 1. The van der Waals surface area contributed by atoms with Gasteiger partial charge in [-0.15, -0.1) is 10.2 Å². The monoisotopic (exact) mass is 231 g/mol. The van der Waals surface area contributed by atoms with Crippen LogP contribution in [-0.2, 0) is 0 Å². The molecule has 0 amide bonds. The van der Waals surface area contributed by atoms with Crippen LogP contribution in [-0.4, -0.2) is 34.8 Å². The molecule has 5 nitrogen and oxygen atoms in total. The van der Waals surface area contributed by atoms with Crippen LogP contribution in [0.25, 0.3) is 11.4 Å². The zero-order valence-electron chi connectivity index (χ0n) is 10.1. The molecule has 0 aromatic carbocycles. The molecule has 17 heavy (non-hydrogen) atoms. The number of hydrogen-bond donors (Lipinski definition) is 2. The predicted molar refractivity (Wildman–Crippen MR) is 68.7 cm³/mol. The number of aromatic nitrogens is 3. The molecule has 1 unspecified atom stereocenters. The summed E-state index contributed by atoms with van der Waals surface area (Å²) in [4.78, 5) is 5.12. The third kappa shape index (κ3) is 2.45. The van der Waals surface area contributed by atoms with E-state index < -0.39 is 0 Å². The van der Waals surface area contributed by atoms with Gasteiger partial charge in [0.15, 0.2) is 5.82 Å². The smallest absolute Gasteiger partial charge is 0.151 e. The van der Waals surface area contributed by atoms with Gasteiger partial charge in [0.25, 0.3) is 0 Å². The molecule has 90 valence electrons. The lowest BCUT2D eigenvalue weighted by Gasteiger charge is -2.23. The number of nitrogens with two attached hydrogens (primary N) is 1. The van der Waals surface area contributed by atoms with Crippen molar-refractivity contribution in [1.82, 2.24) is 15.2 Å². The Morgan fingerprint density at radius 1 is 1.35 bits per heavy atom. The summed E-state index contributed by atoms with van der Waals surface area (Å²) in [6.45, 7) is 2.65. The molecular weight excluding hydrogens is 214 g/mol. The van der Waals surface area contributed by atoms with Crippen LogP contribution >= 0.6 is 0 Å². The second-order valence-electron chi connectivity index (χ2n) is 4.06. The molecule has 0 saturated carbocycles. The van der Waals surface area contributed by atoms with Crippen molar-refractivity contribution >= 4 is 5.82 Å². The maximum atomic E-state index is 5.62. The number of aromatic amines is 1. The highest BCUT2D eigenvalue weighted by atomic mass is 15.3. The zero-order valence-corrected chi connectivity index (χ0v) is 10.1. The molecule has 0 saturated heterocycles. The summed E-state index contributed by atoms with van der Waals surface area (Å²) >= 11 is 0. The van der Waals surface area contributed by atoms with E-state index in [0.29, 0.717) is 6.54 Å². The maximum Gasteiger partial charge on any atom is 0.151 e. The Bertz CT molecular complexity index is 448. The fraction of sp³-hybridized carbons (Fsp3) is 0.333. The van der Waals surface area contributed by atoms with Gasteiger partial charge in [-0.25, -0.2) is 0 Å². The van der Waals surface area contributed by atoms with E-state index in [0.717, 1.165) is 17.2 Å². The normalized spacial score (nSPS) is 12.4. The molecule has 5 heteroatoms. The summed E-state index contributed by atoms with van der Waals surface area (Å²) in [7, 11) is 1.97. The largest absolute Gasteiger partial charge is 0.360 e. The molecule has 0 radical (unpaired) electrons. The summed E-state index contributed by atoms with van der Waals surface area (Å²) in [6, 6.07) is 8.06. The van der Waals surface area contributed by atoms with E-state index in [-0.39, 0.29) is 6.04 Å². The van der Waals surface area contributed by atoms with Crippen LogP contribution in [0.15, 0.2) is 30.5 Å². The first kappa shape index (κ1) is 11.6. The number of H-pyrrole nitrogens is 1. The summed E-state index contributed by atoms with van der Waals surface area (Å²) in [6.07, 6.45) is 1.87. The molecule has 2 aromatic rings. The van der Waals surface area contributed by atoms with Crippen molar-refractivity contribution in [3.63, 3.8) is 0 Å². The second kappa shape index (κ2) is 4.97. The first-order chi connectivity index (χ1) is 8.22. The van der Waals surface area contributed by atoms with Gasteiger partial charge in [-0.2, -0.15) is 0 Å². The van der Waals surface area contributed by atoms with Gasteiger partial charge < -0.3 is 15.6 Å². The second-order valence-corrected chi connectivity index (χ2v) is 4.06. The Kier molecular flexibility index (Phi) is 3.39. The fourth-order valence-electron chi connectivity index (χ4n) is 1.53. The molecule has 0 aliphatic heterocycles. The van der Waals surface area contributed by atoms with Gasteiger partial charge in [-0.3, -0.25) is 0 Å². The molecular formula is C12H17N5.